The fraction of sp³-hybridized carbons (Fsp3) is 0.136. The highest BCUT2D eigenvalue weighted by atomic mass is 32.2. The molecule has 3 N–H and O–H groups in total. The van der Waals surface area contributed by atoms with Crippen LogP contribution in [0.1, 0.15) is 21.5 Å². The summed E-state index contributed by atoms with van der Waals surface area (Å²) in [6.45, 7) is 3.20. The van der Waals surface area contributed by atoms with Gasteiger partial charge >= 0.3 is 0 Å². The fourth-order valence-electron chi connectivity index (χ4n) is 2.90. The minimum Gasteiger partial charge on any atom is -0.322 e. The maximum Gasteiger partial charge on any atom is 0.261 e. The van der Waals surface area contributed by atoms with E-state index in [1.165, 1.54) is 49.4 Å². The van der Waals surface area contributed by atoms with E-state index in [9.17, 15) is 26.0 Å². The Bertz CT molecular complexity index is 1420. The van der Waals surface area contributed by atoms with Gasteiger partial charge in [0.05, 0.1) is 16.8 Å². The number of nitrogens with one attached hydrogen (secondary N) is 3. The van der Waals surface area contributed by atoms with E-state index >= 15 is 0 Å². The summed E-state index contributed by atoms with van der Waals surface area (Å²) in [6.07, 6.45) is 1.03. The van der Waals surface area contributed by atoms with E-state index in [4.69, 9.17) is 0 Å². The van der Waals surface area contributed by atoms with Crippen LogP contribution in [0.15, 0.2) is 65.6 Å². The second-order valence-corrected chi connectivity index (χ2v) is 10.9. The molecular formula is C22H22FN3O5S2. The van der Waals surface area contributed by atoms with Crippen molar-refractivity contribution in [1.29, 1.82) is 0 Å². The maximum atomic E-state index is 13.4. The van der Waals surface area contributed by atoms with Crippen molar-refractivity contribution in [2.75, 3.05) is 21.0 Å². The molecule has 8 nitrogen and oxygen atoms in total. The van der Waals surface area contributed by atoms with Crippen LogP contribution >= 0.6 is 0 Å². The summed E-state index contributed by atoms with van der Waals surface area (Å²) >= 11 is 0. The number of carbonyl (C=O) groups is 1. The molecule has 0 aliphatic rings. The van der Waals surface area contributed by atoms with E-state index in [1.54, 1.807) is 19.1 Å². The van der Waals surface area contributed by atoms with E-state index in [-0.39, 0.29) is 21.7 Å². The van der Waals surface area contributed by atoms with Crippen molar-refractivity contribution >= 4 is 43.0 Å². The first-order valence-electron chi connectivity index (χ1n) is 9.63. The Morgan fingerprint density at radius 2 is 1.42 bits per heavy atom. The van der Waals surface area contributed by atoms with Crippen molar-refractivity contribution in [2.45, 2.75) is 18.7 Å². The number of benzene rings is 3. The topological polar surface area (TPSA) is 121 Å². The molecule has 0 spiro atoms. The minimum absolute atomic E-state index is 0.0823. The zero-order valence-electron chi connectivity index (χ0n) is 18.0. The molecule has 0 bridgehead atoms. The SMILES string of the molecule is Cc1cc(S(=O)(=O)Nc2ccc(C(=O)Nc3ccc(C)c(NS(C)(=O)=O)c3)cc2)ccc1F. The van der Waals surface area contributed by atoms with Gasteiger partial charge in [-0.25, -0.2) is 21.2 Å². The Hall–Kier alpha value is -3.44. The van der Waals surface area contributed by atoms with Crippen LogP contribution < -0.4 is 14.8 Å². The zero-order valence-corrected chi connectivity index (χ0v) is 19.6. The number of anilines is 3. The lowest BCUT2D eigenvalue weighted by Crippen LogP contribution is -2.15. The number of halogens is 1. The van der Waals surface area contributed by atoms with Crippen LogP contribution in [0.2, 0.25) is 0 Å². The van der Waals surface area contributed by atoms with Crippen molar-refractivity contribution < 1.29 is 26.0 Å². The van der Waals surface area contributed by atoms with Gasteiger partial charge in [-0.05, 0) is 79.6 Å². The van der Waals surface area contributed by atoms with Gasteiger partial charge in [-0.2, -0.15) is 0 Å². The Labute approximate surface area is 192 Å². The number of rotatable bonds is 7. The predicted octanol–water partition coefficient (Wildman–Crippen LogP) is 3.87. The van der Waals surface area contributed by atoms with Gasteiger partial charge in [0.25, 0.3) is 15.9 Å². The monoisotopic (exact) mass is 491 g/mol. The number of hydrogen-bond donors (Lipinski definition) is 3. The molecule has 0 radical (unpaired) electrons. The summed E-state index contributed by atoms with van der Waals surface area (Å²) in [5.74, 6) is -0.968. The molecule has 0 aromatic heterocycles. The van der Waals surface area contributed by atoms with E-state index in [0.717, 1.165) is 12.3 Å². The summed E-state index contributed by atoms with van der Waals surface area (Å²) < 4.78 is 66.2. The van der Waals surface area contributed by atoms with Crippen LogP contribution in [0.5, 0.6) is 0 Å². The molecule has 11 heteroatoms. The zero-order chi connectivity index (χ0) is 24.4. The summed E-state index contributed by atoms with van der Waals surface area (Å²) in [4.78, 5) is 12.5. The van der Waals surface area contributed by atoms with Crippen molar-refractivity contribution in [1.82, 2.24) is 0 Å². The van der Waals surface area contributed by atoms with Gasteiger partial charge in [0, 0.05) is 16.9 Å². The van der Waals surface area contributed by atoms with Gasteiger partial charge in [-0.15, -0.1) is 0 Å². The Morgan fingerprint density at radius 3 is 2.03 bits per heavy atom. The Morgan fingerprint density at radius 1 is 0.788 bits per heavy atom. The molecular weight excluding hydrogens is 469 g/mol. The number of hydrogen-bond acceptors (Lipinski definition) is 5. The quantitative estimate of drug-likeness (QED) is 0.463. The normalized spacial score (nSPS) is 11.6. The van der Waals surface area contributed by atoms with Crippen LogP contribution in [0.25, 0.3) is 0 Å². The second kappa shape index (κ2) is 9.20. The van der Waals surface area contributed by atoms with Crippen LogP contribution in [0, 0.1) is 19.7 Å². The third kappa shape index (κ3) is 6.30. The summed E-state index contributed by atoms with van der Waals surface area (Å²) in [5.41, 5.74) is 2.10. The van der Waals surface area contributed by atoms with Crippen LogP contribution in [0.3, 0.4) is 0 Å². The fourth-order valence-corrected chi connectivity index (χ4v) is 4.66. The number of sulfonamides is 2. The van der Waals surface area contributed by atoms with Crippen LogP contribution in [0.4, 0.5) is 21.5 Å². The molecule has 0 aliphatic heterocycles. The molecule has 174 valence electrons. The average molecular weight is 492 g/mol. The lowest BCUT2D eigenvalue weighted by atomic mass is 10.1. The number of carbonyl (C=O) groups excluding carboxylic acids is 1. The second-order valence-electron chi connectivity index (χ2n) is 7.45. The summed E-state index contributed by atoms with van der Waals surface area (Å²) in [6, 6.07) is 14.0. The highest BCUT2D eigenvalue weighted by Gasteiger charge is 2.16. The Balaban J connectivity index is 1.73. The lowest BCUT2D eigenvalue weighted by Gasteiger charge is -2.12. The highest BCUT2D eigenvalue weighted by Crippen LogP contribution is 2.23. The molecule has 3 aromatic carbocycles. The first kappa shape index (κ1) is 24.2. The number of amides is 1. The first-order chi connectivity index (χ1) is 15.3. The van der Waals surface area contributed by atoms with Gasteiger partial charge in [-0.1, -0.05) is 6.07 Å². The summed E-state index contributed by atoms with van der Waals surface area (Å²) in [5, 5.41) is 2.67. The minimum atomic E-state index is -3.93. The van der Waals surface area contributed by atoms with E-state index in [1.807, 2.05) is 0 Å². The first-order valence-corrected chi connectivity index (χ1v) is 13.0. The van der Waals surface area contributed by atoms with Crippen molar-refractivity contribution in [3.05, 3.63) is 83.2 Å². The molecule has 0 heterocycles. The van der Waals surface area contributed by atoms with Gasteiger partial charge in [-0.3, -0.25) is 14.2 Å². The molecule has 33 heavy (non-hydrogen) atoms. The van der Waals surface area contributed by atoms with Crippen molar-refractivity contribution in [3.63, 3.8) is 0 Å². The molecule has 0 aliphatic carbocycles. The maximum absolute atomic E-state index is 13.4. The molecule has 0 unspecified atom stereocenters. The predicted molar refractivity (Wildman–Crippen MR) is 126 cm³/mol. The van der Waals surface area contributed by atoms with E-state index < -0.39 is 31.8 Å². The van der Waals surface area contributed by atoms with Gasteiger partial charge in [0.2, 0.25) is 10.0 Å². The number of aryl methyl sites for hydroxylation is 2. The van der Waals surface area contributed by atoms with Gasteiger partial charge in [0.1, 0.15) is 5.82 Å². The van der Waals surface area contributed by atoms with Crippen LogP contribution in [-0.4, -0.2) is 29.0 Å². The molecule has 3 rings (SSSR count). The molecule has 0 saturated carbocycles. The van der Waals surface area contributed by atoms with Crippen LogP contribution in [-0.2, 0) is 20.0 Å². The smallest absolute Gasteiger partial charge is 0.261 e. The average Bonchev–Trinajstić information content (AvgIpc) is 2.71. The van der Waals surface area contributed by atoms with Gasteiger partial charge in [0.15, 0.2) is 0 Å². The van der Waals surface area contributed by atoms with Crippen molar-refractivity contribution in [2.24, 2.45) is 0 Å². The largest absolute Gasteiger partial charge is 0.322 e. The van der Waals surface area contributed by atoms with Gasteiger partial charge < -0.3 is 5.32 Å². The third-order valence-corrected chi connectivity index (χ3v) is 6.60. The molecule has 1 amide bonds. The highest BCUT2D eigenvalue weighted by molar-refractivity contribution is 7.92. The Kier molecular flexibility index (Phi) is 6.75. The lowest BCUT2D eigenvalue weighted by molar-refractivity contribution is 0.102. The molecule has 0 fully saturated rings. The van der Waals surface area contributed by atoms with Crippen molar-refractivity contribution in [3.8, 4) is 0 Å². The third-order valence-electron chi connectivity index (χ3n) is 4.63. The van der Waals surface area contributed by atoms with E-state index in [0.29, 0.717) is 16.9 Å². The molecule has 3 aromatic rings. The summed E-state index contributed by atoms with van der Waals surface area (Å²) in [7, 11) is -7.41. The molecule has 0 atom stereocenters. The van der Waals surface area contributed by atoms with E-state index in [2.05, 4.69) is 14.8 Å². The molecule has 0 saturated heterocycles. The standard InChI is InChI=1S/C22H22FN3O5S2/c1-14-4-7-18(13-21(14)26-32(3,28)29)24-22(27)16-5-8-17(9-6-16)25-33(30,31)19-10-11-20(23)15(2)12-19/h4-13,25-26H,1-3H3,(H,24,27).